The fourth-order valence-corrected chi connectivity index (χ4v) is 5.47. The summed E-state index contributed by atoms with van der Waals surface area (Å²) >= 11 is 6.19. The van der Waals surface area contributed by atoms with Gasteiger partial charge in [-0.2, -0.15) is 5.10 Å². The molecule has 0 radical (unpaired) electrons. The number of amidine groups is 1. The van der Waals surface area contributed by atoms with Crippen LogP contribution in [0.4, 0.5) is 5.69 Å². The van der Waals surface area contributed by atoms with Crippen LogP contribution in [0.1, 0.15) is 50.6 Å². The summed E-state index contributed by atoms with van der Waals surface area (Å²) in [6.07, 6.45) is 1.85. The summed E-state index contributed by atoms with van der Waals surface area (Å²) in [5.41, 5.74) is 4.92. The first-order chi connectivity index (χ1) is 19.8. The number of methoxy groups -OCH3 is 2. The second kappa shape index (κ2) is 10.4. The molecule has 0 fully saturated rings. The van der Waals surface area contributed by atoms with Crippen molar-refractivity contribution in [3.8, 4) is 17.2 Å². The Morgan fingerprint density at radius 2 is 1.61 bits per heavy atom. The van der Waals surface area contributed by atoms with E-state index in [-0.39, 0.29) is 28.7 Å². The molecule has 1 unspecified atom stereocenters. The van der Waals surface area contributed by atoms with E-state index in [0.29, 0.717) is 29.5 Å². The van der Waals surface area contributed by atoms with Gasteiger partial charge in [0, 0.05) is 30.3 Å². The number of hydrazone groups is 1. The van der Waals surface area contributed by atoms with Gasteiger partial charge in [0.25, 0.3) is 0 Å². The lowest BCUT2D eigenvalue weighted by Gasteiger charge is -2.37. The molecule has 0 spiro atoms. The van der Waals surface area contributed by atoms with Gasteiger partial charge in [0.1, 0.15) is 5.69 Å². The number of aryl methyl sites for hydroxylation is 1. The van der Waals surface area contributed by atoms with Crippen LogP contribution >= 0.6 is 11.6 Å². The van der Waals surface area contributed by atoms with E-state index in [0.717, 1.165) is 28.1 Å². The zero-order valence-electron chi connectivity index (χ0n) is 23.1. The highest BCUT2D eigenvalue weighted by Gasteiger charge is 2.44. The first-order valence-electron chi connectivity index (χ1n) is 13.2. The van der Waals surface area contributed by atoms with Crippen molar-refractivity contribution in [3.63, 3.8) is 0 Å². The molecule has 9 nitrogen and oxygen atoms in total. The lowest BCUT2D eigenvalue weighted by atomic mass is 9.95. The number of ketones is 2. The molecule has 4 aromatic rings. The first kappa shape index (κ1) is 26.6. The van der Waals surface area contributed by atoms with E-state index >= 15 is 0 Å². The Balaban J connectivity index is 1.46. The van der Waals surface area contributed by atoms with Gasteiger partial charge < -0.3 is 14.4 Å². The molecule has 2 aliphatic rings. The summed E-state index contributed by atoms with van der Waals surface area (Å²) in [6, 6.07) is 18.9. The molecule has 0 N–H and O–H groups in total. The van der Waals surface area contributed by atoms with E-state index in [9.17, 15) is 9.59 Å². The Labute approximate surface area is 242 Å². The largest absolute Gasteiger partial charge is 0.493 e. The van der Waals surface area contributed by atoms with Crippen LogP contribution in [-0.2, 0) is 6.42 Å². The molecule has 0 aliphatic carbocycles. The molecule has 41 heavy (non-hydrogen) atoms. The summed E-state index contributed by atoms with van der Waals surface area (Å²) in [6.45, 7) is 3.93. The Morgan fingerprint density at radius 3 is 2.27 bits per heavy atom. The lowest BCUT2D eigenvalue weighted by Crippen LogP contribution is -2.43. The number of ether oxygens (including phenoxy) is 2. The van der Waals surface area contributed by atoms with Crippen molar-refractivity contribution in [1.82, 2.24) is 14.7 Å². The van der Waals surface area contributed by atoms with Crippen molar-refractivity contribution >= 4 is 34.7 Å². The average Bonchev–Trinajstić information content (AvgIpc) is 3.60. The van der Waals surface area contributed by atoms with E-state index in [2.05, 4.69) is 5.10 Å². The Kier molecular flexibility index (Phi) is 6.75. The molecule has 10 heteroatoms. The third-order valence-electron chi connectivity index (χ3n) is 7.43. The minimum absolute atomic E-state index is 0.101. The molecular weight excluding hydrogens is 542 g/mol. The number of halogens is 1. The van der Waals surface area contributed by atoms with Crippen LogP contribution in [0.5, 0.6) is 11.5 Å². The van der Waals surface area contributed by atoms with E-state index in [1.807, 2.05) is 65.4 Å². The van der Waals surface area contributed by atoms with Crippen LogP contribution in [-0.4, -0.2) is 52.8 Å². The van der Waals surface area contributed by atoms with Gasteiger partial charge in [0.2, 0.25) is 5.78 Å². The number of nitrogens with zero attached hydrogens (tertiary/aromatic N) is 5. The predicted molar refractivity (Wildman–Crippen MR) is 157 cm³/mol. The van der Waals surface area contributed by atoms with E-state index in [4.69, 9.17) is 26.2 Å². The van der Waals surface area contributed by atoms with Crippen LogP contribution in [0.25, 0.3) is 5.69 Å². The fourth-order valence-electron chi connectivity index (χ4n) is 5.34. The number of carbonyl (C=O) groups excluding carboxylic acids is 2. The van der Waals surface area contributed by atoms with Crippen LogP contribution in [0.15, 0.2) is 72.0 Å². The molecule has 3 heterocycles. The van der Waals surface area contributed by atoms with Crippen molar-refractivity contribution in [1.29, 1.82) is 0 Å². The monoisotopic (exact) mass is 569 g/mol. The normalized spacial score (nSPS) is 15.7. The Morgan fingerprint density at radius 1 is 0.951 bits per heavy atom. The molecule has 1 atom stereocenters. The maximum Gasteiger partial charge on any atom is 0.233 e. The van der Waals surface area contributed by atoms with Crippen LogP contribution in [0.3, 0.4) is 0 Å². The van der Waals surface area contributed by atoms with Crippen LogP contribution in [0, 0.1) is 6.92 Å². The molecule has 0 saturated carbocycles. The second-order valence-corrected chi connectivity index (χ2v) is 10.5. The highest BCUT2D eigenvalue weighted by atomic mass is 35.5. The Bertz CT molecular complexity index is 1690. The Hall–Kier alpha value is -4.63. The average molecular weight is 570 g/mol. The maximum absolute atomic E-state index is 14.2. The molecule has 6 rings (SSSR count). The minimum atomic E-state index is -0.424. The smallest absolute Gasteiger partial charge is 0.233 e. The third kappa shape index (κ3) is 4.62. The highest BCUT2D eigenvalue weighted by molar-refractivity contribution is 6.46. The number of Topliss-reactive ketones (excluding diaryl/α,β-unsaturated/α-hetero) is 2. The number of benzene rings is 3. The van der Waals surface area contributed by atoms with Crippen LogP contribution in [0.2, 0.25) is 5.02 Å². The molecule has 1 aromatic heterocycles. The van der Waals surface area contributed by atoms with Gasteiger partial charge in [-0.15, -0.1) is 5.10 Å². The van der Waals surface area contributed by atoms with Crippen molar-refractivity contribution in [3.05, 3.63) is 99.8 Å². The van der Waals surface area contributed by atoms with Crippen molar-refractivity contribution in [2.45, 2.75) is 26.4 Å². The first-order valence-corrected chi connectivity index (χ1v) is 13.5. The summed E-state index contributed by atoms with van der Waals surface area (Å²) < 4.78 is 12.7. The van der Waals surface area contributed by atoms with Gasteiger partial charge in [-0.3, -0.25) is 9.59 Å². The van der Waals surface area contributed by atoms with Gasteiger partial charge in [-0.25, -0.2) is 9.69 Å². The number of rotatable bonds is 7. The molecule has 3 aromatic carbocycles. The predicted octanol–water partition coefficient (Wildman–Crippen LogP) is 5.63. The highest BCUT2D eigenvalue weighted by Crippen LogP contribution is 2.44. The second-order valence-electron chi connectivity index (χ2n) is 10.0. The molecular formula is C31H28ClN5O4. The van der Waals surface area contributed by atoms with Crippen molar-refractivity contribution in [2.75, 3.05) is 25.8 Å². The zero-order valence-corrected chi connectivity index (χ0v) is 23.8. The number of hydrogen-bond donors (Lipinski definition) is 0. The SMILES string of the molecule is COc1cc2c(cc1OC)C1N(CC2)C(C(=O)c2cn(-c3ccc(C)cc3)nc2C(C)=O)=NN1c1ccc(Cl)cc1. The molecule has 0 saturated heterocycles. The number of hydrogen-bond acceptors (Lipinski definition) is 8. The van der Waals surface area contributed by atoms with Crippen LogP contribution < -0.4 is 14.5 Å². The topological polar surface area (TPSA) is 89.3 Å². The van der Waals surface area contributed by atoms with Gasteiger partial charge >= 0.3 is 0 Å². The standard InChI is InChI=1S/C31H28ClN5O4/c1-18-5-9-22(10-6-18)36-17-25(28(33-36)19(2)38)29(39)30-34-37(23-11-7-21(32)8-12-23)31-24-16-27(41-4)26(40-3)15-20(24)13-14-35(30)31/h5-12,15-17,31H,13-14H2,1-4H3. The minimum Gasteiger partial charge on any atom is -0.493 e. The van der Waals surface area contributed by atoms with Crippen molar-refractivity contribution < 1.29 is 19.1 Å². The van der Waals surface area contributed by atoms with Gasteiger partial charge in [-0.05, 0) is 67.4 Å². The summed E-state index contributed by atoms with van der Waals surface area (Å²) in [4.78, 5) is 28.8. The summed E-state index contributed by atoms with van der Waals surface area (Å²) in [5, 5.41) is 11.8. The fraction of sp³-hybridized carbons (Fsp3) is 0.226. The maximum atomic E-state index is 14.2. The quantitative estimate of drug-likeness (QED) is 0.267. The number of fused-ring (bicyclic) bond motifs is 3. The summed E-state index contributed by atoms with van der Waals surface area (Å²) in [7, 11) is 3.20. The van der Waals surface area contributed by atoms with Gasteiger partial charge in [0.05, 0.1) is 31.2 Å². The van der Waals surface area contributed by atoms with E-state index in [1.54, 1.807) is 37.2 Å². The van der Waals surface area contributed by atoms with Crippen molar-refractivity contribution in [2.24, 2.45) is 5.10 Å². The molecule has 0 amide bonds. The van der Waals surface area contributed by atoms with Gasteiger partial charge in [0.15, 0.2) is 29.3 Å². The van der Waals surface area contributed by atoms with Gasteiger partial charge in [-0.1, -0.05) is 29.3 Å². The molecule has 208 valence electrons. The molecule has 2 aliphatic heterocycles. The molecule has 0 bridgehead atoms. The number of carbonyl (C=O) groups is 2. The third-order valence-corrected chi connectivity index (χ3v) is 7.68. The van der Waals surface area contributed by atoms with E-state index < -0.39 is 6.17 Å². The number of anilines is 1. The zero-order chi connectivity index (χ0) is 28.8. The number of aromatic nitrogens is 2. The lowest BCUT2D eigenvalue weighted by molar-refractivity contribution is 0.0990. The van der Waals surface area contributed by atoms with E-state index in [1.165, 1.54) is 6.92 Å². The summed E-state index contributed by atoms with van der Waals surface area (Å²) in [5.74, 6) is 0.782.